The Bertz CT molecular complexity index is 1160. The van der Waals surface area contributed by atoms with Crippen LogP contribution >= 0.6 is 12.2 Å². The lowest BCUT2D eigenvalue weighted by atomic mass is 10.0. The summed E-state index contributed by atoms with van der Waals surface area (Å²) < 4.78 is 31.2. The second-order valence-electron chi connectivity index (χ2n) is 8.94. The van der Waals surface area contributed by atoms with Gasteiger partial charge in [0.05, 0.1) is 42.6 Å². The van der Waals surface area contributed by atoms with Gasteiger partial charge in [0.2, 0.25) is 0 Å². The maximum Gasteiger partial charge on any atom is 0.407 e. The molecule has 0 saturated heterocycles. The molecule has 0 atom stereocenters. The van der Waals surface area contributed by atoms with Crippen molar-refractivity contribution in [2.75, 3.05) is 30.9 Å². The van der Waals surface area contributed by atoms with Crippen molar-refractivity contribution in [1.29, 1.82) is 5.26 Å². The van der Waals surface area contributed by atoms with Gasteiger partial charge >= 0.3 is 6.09 Å². The molecule has 8 nitrogen and oxygen atoms in total. The molecule has 1 amide bonds. The van der Waals surface area contributed by atoms with Crippen molar-refractivity contribution in [1.82, 2.24) is 5.32 Å². The highest BCUT2D eigenvalue weighted by atomic mass is 32.1. The number of ether oxygens (including phenoxy) is 3. The third kappa shape index (κ3) is 6.96. The number of fused-ring (bicyclic) bond motifs is 1. The molecule has 10 heteroatoms. The van der Waals surface area contributed by atoms with Crippen LogP contribution in [0.1, 0.15) is 43.9 Å². The standard InChI is InChI=1S/C25H29FN4O4S/c1-25(2,3)34-24(31)29-13-16-10-17(8-7-15(16)12-27)28-14-21(35)30-19-11-20(32-4)23-18(22(19)26)6-5-9-33-23/h7-8,10-11,28H,5-6,9,13-14H2,1-4H3,(H,29,31)(H,30,35). The third-order valence-electron chi connectivity index (χ3n) is 5.09. The zero-order valence-electron chi connectivity index (χ0n) is 20.2. The van der Waals surface area contributed by atoms with E-state index in [2.05, 4.69) is 22.0 Å². The Hall–Kier alpha value is -3.58. The Morgan fingerprint density at radius 3 is 2.77 bits per heavy atom. The summed E-state index contributed by atoms with van der Waals surface area (Å²) in [6.45, 7) is 6.18. The molecule has 186 valence electrons. The smallest absolute Gasteiger partial charge is 0.407 e. The molecule has 0 fully saturated rings. The van der Waals surface area contributed by atoms with Crippen LogP contribution in [0.3, 0.4) is 0 Å². The van der Waals surface area contributed by atoms with E-state index >= 15 is 4.39 Å². The van der Waals surface area contributed by atoms with Gasteiger partial charge in [-0.1, -0.05) is 12.2 Å². The molecule has 2 aromatic carbocycles. The molecule has 3 rings (SSSR count). The fourth-order valence-electron chi connectivity index (χ4n) is 3.54. The van der Waals surface area contributed by atoms with Gasteiger partial charge in [0.25, 0.3) is 0 Å². The van der Waals surface area contributed by atoms with E-state index in [4.69, 9.17) is 26.4 Å². The number of anilines is 2. The van der Waals surface area contributed by atoms with Gasteiger partial charge in [-0.3, -0.25) is 0 Å². The van der Waals surface area contributed by atoms with Crippen molar-refractivity contribution < 1.29 is 23.4 Å². The summed E-state index contributed by atoms with van der Waals surface area (Å²) in [4.78, 5) is 12.3. The predicted octanol–water partition coefficient (Wildman–Crippen LogP) is 4.91. The van der Waals surface area contributed by atoms with E-state index in [-0.39, 0.29) is 18.8 Å². The first-order valence-electron chi connectivity index (χ1n) is 11.2. The maximum absolute atomic E-state index is 15.0. The monoisotopic (exact) mass is 500 g/mol. The number of rotatable bonds is 7. The predicted molar refractivity (Wildman–Crippen MR) is 136 cm³/mol. The third-order valence-corrected chi connectivity index (χ3v) is 5.33. The van der Waals surface area contributed by atoms with Crippen molar-refractivity contribution in [3.63, 3.8) is 0 Å². The first-order valence-corrected chi connectivity index (χ1v) is 11.6. The van der Waals surface area contributed by atoms with Crippen LogP contribution in [0, 0.1) is 17.1 Å². The quantitative estimate of drug-likeness (QED) is 0.461. The van der Waals surface area contributed by atoms with Gasteiger partial charge in [0, 0.05) is 23.9 Å². The normalized spacial score (nSPS) is 12.5. The second-order valence-corrected chi connectivity index (χ2v) is 9.43. The van der Waals surface area contributed by atoms with Crippen LogP contribution in [0.15, 0.2) is 24.3 Å². The zero-order chi connectivity index (χ0) is 25.6. The van der Waals surface area contributed by atoms with E-state index in [1.165, 1.54) is 13.2 Å². The van der Waals surface area contributed by atoms with E-state index in [1.807, 2.05) is 0 Å². The number of benzene rings is 2. The second kappa shape index (κ2) is 11.2. The first kappa shape index (κ1) is 26.0. The Balaban J connectivity index is 1.65. The lowest BCUT2D eigenvalue weighted by Gasteiger charge is -2.22. The van der Waals surface area contributed by atoms with E-state index in [0.29, 0.717) is 51.9 Å². The molecular formula is C25H29FN4O4S. The van der Waals surface area contributed by atoms with E-state index in [1.54, 1.807) is 39.0 Å². The number of carbonyl (C=O) groups excluding carboxylic acids is 1. The largest absolute Gasteiger partial charge is 0.493 e. The fraction of sp³-hybridized carbons (Fsp3) is 0.400. The Labute approximate surface area is 209 Å². The van der Waals surface area contributed by atoms with Crippen LogP contribution in [-0.4, -0.2) is 36.9 Å². The number of carbonyl (C=O) groups is 1. The number of nitrogens with zero attached hydrogens (tertiary/aromatic N) is 1. The van der Waals surface area contributed by atoms with E-state index < -0.39 is 17.5 Å². The number of thiocarbonyl (C=S) groups is 1. The number of hydrogen-bond donors (Lipinski definition) is 3. The Morgan fingerprint density at radius 1 is 1.31 bits per heavy atom. The average Bonchev–Trinajstić information content (AvgIpc) is 2.82. The number of nitrogens with one attached hydrogen (secondary N) is 3. The van der Waals surface area contributed by atoms with Crippen molar-refractivity contribution in [2.45, 2.75) is 45.8 Å². The summed E-state index contributed by atoms with van der Waals surface area (Å²) in [6, 6.07) is 8.78. The fourth-order valence-corrected chi connectivity index (χ4v) is 3.72. The van der Waals surface area contributed by atoms with Gasteiger partial charge in [-0.15, -0.1) is 0 Å². The molecule has 2 aromatic rings. The first-order chi connectivity index (χ1) is 16.6. The number of nitriles is 1. The number of alkyl carbamates (subject to hydrolysis) is 1. The maximum atomic E-state index is 15.0. The summed E-state index contributed by atoms with van der Waals surface area (Å²) in [5.41, 5.74) is 1.81. The van der Waals surface area contributed by atoms with Gasteiger partial charge in [-0.25, -0.2) is 9.18 Å². The number of methoxy groups -OCH3 is 1. The molecule has 0 bridgehead atoms. The SMILES string of the molecule is COc1cc(NC(=S)CNc2ccc(C#N)c(CNC(=O)OC(C)(C)C)c2)c(F)c2c1OCCC2. The highest BCUT2D eigenvalue weighted by Gasteiger charge is 2.23. The summed E-state index contributed by atoms with van der Waals surface area (Å²) in [7, 11) is 1.51. The molecule has 0 aliphatic carbocycles. The van der Waals surface area contributed by atoms with Gasteiger partial charge in [-0.05, 0) is 57.4 Å². The number of hydrogen-bond acceptors (Lipinski definition) is 7. The topological polar surface area (TPSA) is 105 Å². The summed E-state index contributed by atoms with van der Waals surface area (Å²) in [5.74, 6) is 0.487. The molecule has 3 N–H and O–H groups in total. The van der Waals surface area contributed by atoms with Gasteiger partial charge < -0.3 is 30.2 Å². The lowest BCUT2D eigenvalue weighted by molar-refractivity contribution is 0.0523. The molecule has 1 aliphatic heterocycles. The van der Waals surface area contributed by atoms with Crippen LogP contribution in [0.2, 0.25) is 0 Å². The summed E-state index contributed by atoms with van der Waals surface area (Å²) in [6.07, 6.45) is 0.716. The Morgan fingerprint density at radius 2 is 2.09 bits per heavy atom. The van der Waals surface area contributed by atoms with Crippen molar-refractivity contribution in [2.24, 2.45) is 0 Å². The van der Waals surface area contributed by atoms with Crippen LogP contribution in [-0.2, 0) is 17.7 Å². The van der Waals surface area contributed by atoms with Crippen molar-refractivity contribution >= 4 is 34.7 Å². The van der Waals surface area contributed by atoms with Gasteiger partial charge in [0.15, 0.2) is 17.3 Å². The van der Waals surface area contributed by atoms with Crippen LogP contribution in [0.4, 0.5) is 20.6 Å². The van der Waals surface area contributed by atoms with Gasteiger partial charge in [-0.2, -0.15) is 5.26 Å². The minimum atomic E-state index is -0.622. The molecule has 1 heterocycles. The van der Waals surface area contributed by atoms with Crippen molar-refractivity contribution in [3.05, 3.63) is 46.8 Å². The van der Waals surface area contributed by atoms with Crippen molar-refractivity contribution in [3.8, 4) is 17.6 Å². The average molecular weight is 501 g/mol. The minimum Gasteiger partial charge on any atom is -0.493 e. The van der Waals surface area contributed by atoms with E-state index in [9.17, 15) is 10.1 Å². The van der Waals surface area contributed by atoms with Crippen LogP contribution in [0.5, 0.6) is 11.5 Å². The summed E-state index contributed by atoms with van der Waals surface area (Å²) >= 11 is 5.41. The molecule has 0 spiro atoms. The zero-order valence-corrected chi connectivity index (χ0v) is 21.0. The van der Waals surface area contributed by atoms with Crippen LogP contribution in [0.25, 0.3) is 0 Å². The van der Waals surface area contributed by atoms with Crippen LogP contribution < -0.4 is 25.4 Å². The minimum absolute atomic E-state index is 0.123. The molecular weight excluding hydrogens is 471 g/mol. The molecule has 0 aromatic heterocycles. The molecule has 0 saturated carbocycles. The Kier molecular flexibility index (Phi) is 8.35. The summed E-state index contributed by atoms with van der Waals surface area (Å²) in [5, 5.41) is 18.1. The van der Waals surface area contributed by atoms with E-state index in [0.717, 1.165) is 6.42 Å². The highest BCUT2D eigenvalue weighted by Crippen LogP contribution is 2.40. The molecule has 0 radical (unpaired) electrons. The molecule has 0 unspecified atom stereocenters. The number of amides is 1. The highest BCUT2D eigenvalue weighted by molar-refractivity contribution is 7.80. The lowest BCUT2D eigenvalue weighted by Crippen LogP contribution is -2.32. The molecule has 35 heavy (non-hydrogen) atoms. The molecule has 1 aliphatic rings. The van der Waals surface area contributed by atoms with Gasteiger partial charge in [0.1, 0.15) is 5.60 Å². The number of halogens is 1.